The van der Waals surface area contributed by atoms with Gasteiger partial charge in [-0.05, 0) is 72.5 Å². The van der Waals surface area contributed by atoms with Crippen LogP contribution >= 0.6 is 12.2 Å². The lowest BCUT2D eigenvalue weighted by Crippen LogP contribution is -2.10. The lowest BCUT2D eigenvalue weighted by Gasteiger charge is -2.12. The van der Waals surface area contributed by atoms with Crippen LogP contribution in [0.2, 0.25) is 0 Å². The Morgan fingerprint density at radius 3 is 2.50 bits per heavy atom. The van der Waals surface area contributed by atoms with Crippen LogP contribution in [0, 0.1) is 31.0 Å². The van der Waals surface area contributed by atoms with E-state index in [9.17, 15) is 4.39 Å². The van der Waals surface area contributed by atoms with Crippen molar-refractivity contribution >= 4 is 23.3 Å². The fourth-order valence-corrected chi connectivity index (χ4v) is 2.34. The number of ether oxygens (including phenoxy) is 1. The van der Waals surface area contributed by atoms with Gasteiger partial charge < -0.3 is 10.5 Å². The van der Waals surface area contributed by atoms with E-state index < -0.39 is 0 Å². The van der Waals surface area contributed by atoms with Crippen molar-refractivity contribution in [3.8, 4) is 11.8 Å². The second-order valence-corrected chi connectivity index (χ2v) is 5.85. The third-order valence-corrected chi connectivity index (χ3v) is 3.84. The molecule has 2 aromatic rings. The Morgan fingerprint density at radius 2 is 1.92 bits per heavy atom. The second-order valence-electron chi connectivity index (χ2n) is 5.41. The van der Waals surface area contributed by atoms with E-state index in [0.717, 1.165) is 22.3 Å². The molecule has 2 aromatic carbocycles. The molecule has 0 unspecified atom stereocenters. The highest BCUT2D eigenvalue weighted by molar-refractivity contribution is 7.80. The van der Waals surface area contributed by atoms with Crippen LogP contribution in [0.3, 0.4) is 0 Å². The van der Waals surface area contributed by atoms with Gasteiger partial charge in [0.05, 0.1) is 5.57 Å². The van der Waals surface area contributed by atoms with Gasteiger partial charge in [-0.1, -0.05) is 18.3 Å². The summed E-state index contributed by atoms with van der Waals surface area (Å²) in [6.45, 7) is 4.29. The van der Waals surface area contributed by atoms with Gasteiger partial charge in [-0.2, -0.15) is 5.26 Å². The molecule has 122 valence electrons. The Morgan fingerprint density at radius 1 is 1.25 bits per heavy atom. The molecule has 0 aromatic heterocycles. The van der Waals surface area contributed by atoms with E-state index in [1.54, 1.807) is 18.2 Å². The molecular weight excluding hydrogens is 323 g/mol. The highest BCUT2D eigenvalue weighted by atomic mass is 32.1. The summed E-state index contributed by atoms with van der Waals surface area (Å²) in [5.74, 6) is 0.289. The van der Waals surface area contributed by atoms with Gasteiger partial charge in [0.15, 0.2) is 0 Å². The summed E-state index contributed by atoms with van der Waals surface area (Å²) in [5, 5.41) is 9.11. The summed E-state index contributed by atoms with van der Waals surface area (Å²) in [4.78, 5) is 0.0709. The SMILES string of the molecule is Cc1cc(C)c(COc2ccc(F)cc2)cc1/C=C(\C#N)C(N)=S. The first-order valence-electron chi connectivity index (χ1n) is 7.31. The van der Waals surface area contributed by atoms with Gasteiger partial charge in [-0.15, -0.1) is 0 Å². The van der Waals surface area contributed by atoms with Crippen molar-refractivity contribution in [3.63, 3.8) is 0 Å². The lowest BCUT2D eigenvalue weighted by molar-refractivity contribution is 0.305. The number of halogens is 1. The van der Waals surface area contributed by atoms with Crippen molar-refractivity contribution < 1.29 is 9.13 Å². The summed E-state index contributed by atoms with van der Waals surface area (Å²) in [6, 6.07) is 11.8. The number of nitriles is 1. The fourth-order valence-electron chi connectivity index (χ4n) is 2.23. The Labute approximate surface area is 146 Å². The zero-order valence-electron chi connectivity index (χ0n) is 13.5. The first-order chi connectivity index (χ1) is 11.4. The molecule has 0 atom stereocenters. The van der Waals surface area contributed by atoms with Crippen molar-refractivity contribution in [2.24, 2.45) is 5.73 Å². The Hall–Kier alpha value is -2.71. The van der Waals surface area contributed by atoms with E-state index in [1.807, 2.05) is 32.0 Å². The maximum atomic E-state index is 12.9. The molecule has 24 heavy (non-hydrogen) atoms. The Balaban J connectivity index is 2.27. The van der Waals surface area contributed by atoms with Gasteiger partial charge in [-0.3, -0.25) is 0 Å². The first-order valence-corrected chi connectivity index (χ1v) is 7.71. The van der Waals surface area contributed by atoms with E-state index in [-0.39, 0.29) is 16.4 Å². The minimum absolute atomic E-state index is 0.0709. The predicted molar refractivity (Wildman–Crippen MR) is 97.0 cm³/mol. The molecule has 5 heteroatoms. The molecule has 0 saturated heterocycles. The van der Waals surface area contributed by atoms with Crippen LogP contribution in [-0.4, -0.2) is 4.99 Å². The Bertz CT molecular complexity index is 836. The molecule has 0 radical (unpaired) electrons. The van der Waals surface area contributed by atoms with Crippen LogP contribution in [0.1, 0.15) is 22.3 Å². The number of nitrogens with zero attached hydrogens (tertiary/aromatic N) is 1. The number of benzene rings is 2. The largest absolute Gasteiger partial charge is 0.489 e. The molecule has 0 aliphatic heterocycles. The van der Waals surface area contributed by atoms with E-state index in [0.29, 0.717) is 12.4 Å². The zero-order valence-corrected chi connectivity index (χ0v) is 14.3. The van der Waals surface area contributed by atoms with Crippen molar-refractivity contribution in [2.45, 2.75) is 20.5 Å². The fraction of sp³-hybridized carbons (Fsp3) is 0.158. The quantitative estimate of drug-likeness (QED) is 0.503. The van der Waals surface area contributed by atoms with Gasteiger partial charge in [0, 0.05) is 0 Å². The summed E-state index contributed by atoms with van der Waals surface area (Å²) in [7, 11) is 0. The number of nitrogens with two attached hydrogens (primary N) is 1. The van der Waals surface area contributed by atoms with Gasteiger partial charge in [0.2, 0.25) is 0 Å². The van der Waals surface area contributed by atoms with Gasteiger partial charge in [0.25, 0.3) is 0 Å². The standard InChI is InChI=1S/C19H17FN2OS/c1-12-7-13(2)16(9-14(12)8-15(10-21)19(22)24)11-23-18-5-3-17(20)4-6-18/h3-9H,11H2,1-2H3,(H2,22,24)/b15-8+. The molecule has 0 fully saturated rings. The summed E-state index contributed by atoms with van der Waals surface area (Å²) in [6.07, 6.45) is 1.68. The summed E-state index contributed by atoms with van der Waals surface area (Å²) < 4.78 is 18.6. The van der Waals surface area contributed by atoms with E-state index >= 15 is 0 Å². The van der Waals surface area contributed by atoms with Gasteiger partial charge >= 0.3 is 0 Å². The van der Waals surface area contributed by atoms with Crippen LogP contribution < -0.4 is 10.5 Å². The molecule has 0 aliphatic carbocycles. The third-order valence-electron chi connectivity index (χ3n) is 3.62. The van der Waals surface area contributed by atoms with Crippen molar-refractivity contribution in [2.75, 3.05) is 0 Å². The Kier molecular flexibility index (Phi) is 5.67. The summed E-state index contributed by atoms with van der Waals surface area (Å²) in [5.41, 5.74) is 9.73. The second kappa shape index (κ2) is 7.71. The molecule has 0 aliphatic rings. The molecule has 0 saturated carbocycles. The number of hydrogen-bond donors (Lipinski definition) is 1. The smallest absolute Gasteiger partial charge is 0.123 e. The molecule has 0 amide bonds. The highest BCUT2D eigenvalue weighted by Crippen LogP contribution is 2.21. The average molecular weight is 340 g/mol. The average Bonchev–Trinajstić information content (AvgIpc) is 2.54. The molecule has 0 spiro atoms. The molecule has 2 rings (SSSR count). The van der Waals surface area contributed by atoms with Crippen LogP contribution in [0.5, 0.6) is 5.75 Å². The minimum Gasteiger partial charge on any atom is -0.489 e. The van der Waals surface area contributed by atoms with E-state index in [1.165, 1.54) is 12.1 Å². The molecule has 2 N–H and O–H groups in total. The van der Waals surface area contributed by atoms with Crippen LogP contribution in [0.25, 0.3) is 6.08 Å². The monoisotopic (exact) mass is 340 g/mol. The molecule has 0 bridgehead atoms. The maximum absolute atomic E-state index is 12.9. The number of thiocarbonyl (C=S) groups is 1. The van der Waals surface area contributed by atoms with Crippen LogP contribution in [-0.2, 0) is 6.61 Å². The van der Waals surface area contributed by atoms with Gasteiger partial charge in [0.1, 0.15) is 29.2 Å². The number of hydrogen-bond acceptors (Lipinski definition) is 3. The maximum Gasteiger partial charge on any atom is 0.123 e. The third kappa shape index (κ3) is 4.40. The number of rotatable bonds is 5. The van der Waals surface area contributed by atoms with Crippen LogP contribution in [0.15, 0.2) is 42.0 Å². The van der Waals surface area contributed by atoms with Gasteiger partial charge in [-0.25, -0.2) is 4.39 Å². The number of aryl methyl sites for hydroxylation is 2. The van der Waals surface area contributed by atoms with Crippen molar-refractivity contribution in [3.05, 3.63) is 70.0 Å². The van der Waals surface area contributed by atoms with E-state index in [4.69, 9.17) is 28.0 Å². The summed E-state index contributed by atoms with van der Waals surface area (Å²) >= 11 is 4.87. The zero-order chi connectivity index (χ0) is 17.7. The van der Waals surface area contributed by atoms with Crippen LogP contribution in [0.4, 0.5) is 4.39 Å². The predicted octanol–water partition coefficient (Wildman–Crippen LogP) is 4.21. The topological polar surface area (TPSA) is 59.0 Å². The minimum atomic E-state index is -0.303. The molecule has 3 nitrogen and oxygen atoms in total. The lowest BCUT2D eigenvalue weighted by atomic mass is 9.98. The normalized spacial score (nSPS) is 11.0. The molecule has 0 heterocycles. The highest BCUT2D eigenvalue weighted by Gasteiger charge is 2.07. The first kappa shape index (κ1) is 17.6. The van der Waals surface area contributed by atoms with Crippen molar-refractivity contribution in [1.82, 2.24) is 0 Å². The van der Waals surface area contributed by atoms with Crippen molar-refractivity contribution in [1.29, 1.82) is 5.26 Å². The van der Waals surface area contributed by atoms with E-state index in [2.05, 4.69) is 0 Å². The molecular formula is C19H17FN2OS.